The minimum Gasteiger partial charge on any atom is -0.350 e. The van der Waals surface area contributed by atoms with Crippen molar-refractivity contribution in [3.05, 3.63) is 52.4 Å². The number of rotatable bonds is 4. The molecule has 25 heavy (non-hydrogen) atoms. The van der Waals surface area contributed by atoms with Crippen molar-refractivity contribution in [3.63, 3.8) is 0 Å². The molecule has 2 aromatic rings. The topological polar surface area (TPSA) is 66.9 Å². The molecule has 3 atom stereocenters. The van der Waals surface area contributed by atoms with Gasteiger partial charge in [0.15, 0.2) is 0 Å². The van der Waals surface area contributed by atoms with Crippen molar-refractivity contribution >= 4 is 5.91 Å². The average molecular weight is 339 g/mol. The summed E-state index contributed by atoms with van der Waals surface area (Å²) in [6, 6.07) is 10.6. The van der Waals surface area contributed by atoms with Gasteiger partial charge < -0.3 is 5.32 Å². The number of amides is 1. The molecule has 1 amide bonds. The average Bonchev–Trinajstić information content (AvgIpc) is 3.02. The number of carbonyl (C=O) groups excluding carboxylic acids is 1. The Morgan fingerprint density at radius 2 is 2.04 bits per heavy atom. The molecule has 3 aliphatic rings. The maximum atomic E-state index is 12.5. The Balaban J connectivity index is 1.43. The van der Waals surface area contributed by atoms with Crippen molar-refractivity contribution in [2.45, 2.75) is 33.1 Å². The first-order valence-corrected chi connectivity index (χ1v) is 9.12. The third kappa shape index (κ3) is 2.71. The van der Waals surface area contributed by atoms with E-state index in [0.29, 0.717) is 29.5 Å². The molecule has 1 aromatic heterocycles. The summed E-state index contributed by atoms with van der Waals surface area (Å²) in [6.45, 7) is 5.41. The van der Waals surface area contributed by atoms with Crippen LogP contribution in [0.4, 0.5) is 0 Å². The minimum absolute atomic E-state index is 0.203. The van der Waals surface area contributed by atoms with Gasteiger partial charge in [0.05, 0.1) is 5.69 Å². The first-order valence-electron chi connectivity index (χ1n) is 9.12. The van der Waals surface area contributed by atoms with Crippen molar-refractivity contribution in [3.8, 4) is 5.69 Å². The summed E-state index contributed by atoms with van der Waals surface area (Å²) in [4.78, 5) is 24.6. The fourth-order valence-corrected chi connectivity index (χ4v) is 4.81. The van der Waals surface area contributed by atoms with Crippen LogP contribution in [0.1, 0.15) is 43.6 Å². The van der Waals surface area contributed by atoms with E-state index in [4.69, 9.17) is 0 Å². The lowest BCUT2D eigenvalue weighted by Crippen LogP contribution is -2.54. The summed E-state index contributed by atoms with van der Waals surface area (Å²) in [7, 11) is 0. The van der Waals surface area contributed by atoms with E-state index in [1.54, 1.807) is 0 Å². The van der Waals surface area contributed by atoms with Crippen LogP contribution in [-0.2, 0) is 0 Å². The molecule has 3 fully saturated rings. The lowest BCUT2D eigenvalue weighted by molar-refractivity contribution is -0.103. The van der Waals surface area contributed by atoms with Crippen LogP contribution in [0.5, 0.6) is 0 Å². The molecule has 0 radical (unpaired) electrons. The molecule has 3 saturated carbocycles. The summed E-state index contributed by atoms with van der Waals surface area (Å²) in [5, 5.41) is 5.95. The number of nitrogens with zero attached hydrogens (tertiary/aromatic N) is 1. The number of fused-ring (bicyclic) bond motifs is 2. The van der Waals surface area contributed by atoms with E-state index in [1.807, 2.05) is 30.3 Å². The van der Waals surface area contributed by atoms with Crippen LogP contribution in [0.25, 0.3) is 5.69 Å². The highest BCUT2D eigenvalue weighted by atomic mass is 16.2. The highest BCUT2D eigenvalue weighted by molar-refractivity contribution is 5.92. The number of aromatic amines is 1. The fourth-order valence-electron chi connectivity index (χ4n) is 4.81. The van der Waals surface area contributed by atoms with Crippen LogP contribution >= 0.6 is 0 Å². The molecular weight excluding hydrogens is 314 g/mol. The highest BCUT2D eigenvalue weighted by Crippen LogP contribution is 2.61. The molecule has 3 aliphatic carbocycles. The van der Waals surface area contributed by atoms with Gasteiger partial charge in [-0.3, -0.25) is 14.7 Å². The predicted octanol–water partition coefficient (Wildman–Crippen LogP) is 2.97. The number of hydrogen-bond acceptors (Lipinski definition) is 2. The number of aromatic nitrogens is 2. The molecule has 0 unspecified atom stereocenters. The first kappa shape index (κ1) is 16.2. The van der Waals surface area contributed by atoms with E-state index in [1.165, 1.54) is 30.0 Å². The Bertz CT molecular complexity index is 832. The van der Waals surface area contributed by atoms with Crippen LogP contribution in [-0.4, -0.2) is 22.2 Å². The monoisotopic (exact) mass is 339 g/mol. The largest absolute Gasteiger partial charge is 0.350 e. The molecule has 0 saturated heterocycles. The molecule has 0 aliphatic heterocycles. The fraction of sp³-hybridized carbons (Fsp3) is 0.500. The number of carbonyl (C=O) groups is 1. The Kier molecular flexibility index (Phi) is 3.82. The summed E-state index contributed by atoms with van der Waals surface area (Å²) in [5.41, 5.74) is 1.23. The van der Waals surface area contributed by atoms with Gasteiger partial charge in [0.1, 0.15) is 5.69 Å². The molecule has 132 valence electrons. The van der Waals surface area contributed by atoms with Crippen LogP contribution < -0.4 is 10.9 Å². The molecular formula is C20H25N3O2. The van der Waals surface area contributed by atoms with Gasteiger partial charge in [0.2, 0.25) is 0 Å². The van der Waals surface area contributed by atoms with Gasteiger partial charge in [-0.05, 0) is 54.6 Å². The molecule has 5 rings (SSSR count). The van der Waals surface area contributed by atoms with E-state index < -0.39 is 0 Å². The summed E-state index contributed by atoms with van der Waals surface area (Å²) in [5.74, 6) is 1.91. The number of H-pyrrole nitrogens is 1. The summed E-state index contributed by atoms with van der Waals surface area (Å²) < 4.78 is 1.40. The van der Waals surface area contributed by atoms with Crippen LogP contribution in [0.15, 0.2) is 41.2 Å². The lowest BCUT2D eigenvalue weighted by Gasteiger charge is -2.60. The number of benzene rings is 1. The molecule has 0 spiro atoms. The minimum atomic E-state index is -0.225. The first-order chi connectivity index (χ1) is 12.0. The zero-order valence-corrected chi connectivity index (χ0v) is 14.8. The number of hydrogen-bond donors (Lipinski definition) is 2. The number of nitrogens with one attached hydrogen (secondary N) is 2. The highest BCUT2D eigenvalue weighted by Gasteiger charge is 2.53. The van der Waals surface area contributed by atoms with Crippen molar-refractivity contribution in [2.75, 3.05) is 6.54 Å². The molecule has 2 N–H and O–H groups in total. The van der Waals surface area contributed by atoms with Gasteiger partial charge in [-0.1, -0.05) is 32.0 Å². The quantitative estimate of drug-likeness (QED) is 0.899. The third-order valence-electron chi connectivity index (χ3n) is 6.51. The normalized spacial score (nSPS) is 26.7. The summed E-state index contributed by atoms with van der Waals surface area (Å²) in [6.07, 6.45) is 3.76. The van der Waals surface area contributed by atoms with Crippen LogP contribution in [0.2, 0.25) is 0 Å². The van der Waals surface area contributed by atoms with Crippen molar-refractivity contribution in [2.24, 2.45) is 23.2 Å². The van der Waals surface area contributed by atoms with E-state index in [2.05, 4.69) is 24.3 Å². The predicted molar refractivity (Wildman–Crippen MR) is 96.8 cm³/mol. The van der Waals surface area contributed by atoms with E-state index in [0.717, 1.165) is 11.6 Å². The Hall–Kier alpha value is -2.30. The zero-order valence-electron chi connectivity index (χ0n) is 14.8. The smallest absolute Gasteiger partial charge is 0.271 e. The van der Waals surface area contributed by atoms with Gasteiger partial charge in [0.25, 0.3) is 11.5 Å². The Labute approximate surface area is 147 Å². The van der Waals surface area contributed by atoms with Crippen molar-refractivity contribution in [1.29, 1.82) is 0 Å². The van der Waals surface area contributed by atoms with E-state index >= 15 is 0 Å². The summed E-state index contributed by atoms with van der Waals surface area (Å²) >= 11 is 0. The zero-order chi connectivity index (χ0) is 17.6. The standard InChI is InChI=1S/C20H25N3O2/c1-20(2)14-9-8-13(16(20)10-14)12-21-19(25)17-11-18(24)23(22-17)15-6-4-3-5-7-15/h3-7,11,13-14,16,22H,8-10,12H2,1-2H3,(H,21,25)/t13-,14-,16-/m0/s1. The van der Waals surface area contributed by atoms with Crippen LogP contribution in [0.3, 0.4) is 0 Å². The maximum Gasteiger partial charge on any atom is 0.271 e. The molecule has 5 nitrogen and oxygen atoms in total. The Morgan fingerprint density at radius 1 is 1.28 bits per heavy atom. The van der Waals surface area contributed by atoms with Gasteiger partial charge in [-0.15, -0.1) is 0 Å². The van der Waals surface area contributed by atoms with Crippen molar-refractivity contribution in [1.82, 2.24) is 15.1 Å². The van der Waals surface area contributed by atoms with Gasteiger partial charge in [-0.2, -0.15) is 0 Å². The lowest BCUT2D eigenvalue weighted by atomic mass is 9.45. The second-order valence-corrected chi connectivity index (χ2v) is 8.09. The third-order valence-corrected chi connectivity index (χ3v) is 6.51. The van der Waals surface area contributed by atoms with E-state index in [-0.39, 0.29) is 11.5 Å². The molecule has 1 heterocycles. The Morgan fingerprint density at radius 3 is 2.72 bits per heavy atom. The van der Waals surface area contributed by atoms with Gasteiger partial charge in [-0.25, -0.2) is 4.68 Å². The van der Waals surface area contributed by atoms with Crippen LogP contribution in [0, 0.1) is 23.2 Å². The second kappa shape index (κ2) is 5.90. The molecule has 1 aromatic carbocycles. The van der Waals surface area contributed by atoms with Gasteiger partial charge in [0, 0.05) is 12.6 Å². The van der Waals surface area contributed by atoms with E-state index in [9.17, 15) is 9.59 Å². The molecule has 5 heteroatoms. The SMILES string of the molecule is CC1(C)[C@H]2CC[C@@H](CNC(=O)c3cc(=O)n(-c4ccccc4)[nH]3)[C@@H]1C2. The second-order valence-electron chi connectivity index (χ2n) is 8.09. The van der Waals surface area contributed by atoms with Gasteiger partial charge >= 0.3 is 0 Å². The van der Waals surface area contributed by atoms with Crippen molar-refractivity contribution < 1.29 is 4.79 Å². The maximum absolute atomic E-state index is 12.5. The number of para-hydroxylation sites is 1. The molecule has 2 bridgehead atoms.